The van der Waals surface area contributed by atoms with Crippen LogP contribution in [0.1, 0.15) is 17.5 Å². The quantitative estimate of drug-likeness (QED) is 0.661. The van der Waals surface area contributed by atoms with E-state index in [1.807, 2.05) is 32.0 Å². The van der Waals surface area contributed by atoms with Crippen LogP contribution in [0.4, 0.5) is 0 Å². The Morgan fingerprint density at radius 2 is 2.15 bits per heavy atom. The van der Waals surface area contributed by atoms with Crippen molar-refractivity contribution in [2.75, 3.05) is 6.61 Å². The van der Waals surface area contributed by atoms with Crippen molar-refractivity contribution in [2.24, 2.45) is 0 Å². The van der Waals surface area contributed by atoms with Crippen LogP contribution in [-0.2, 0) is 0 Å². The average molecular weight is 175 g/mol. The zero-order valence-electron chi connectivity index (χ0n) is 8.00. The first-order chi connectivity index (χ1) is 6.24. The van der Waals surface area contributed by atoms with Gasteiger partial charge in [0.25, 0.3) is 0 Å². The van der Waals surface area contributed by atoms with E-state index in [-0.39, 0.29) is 0 Å². The molecule has 0 heterocycles. The number of aryl methyl sites for hydroxylation is 2. The van der Waals surface area contributed by atoms with Gasteiger partial charge in [0.2, 0.25) is 0 Å². The van der Waals surface area contributed by atoms with Crippen LogP contribution >= 0.6 is 0 Å². The first-order valence-electron chi connectivity index (χ1n) is 4.31. The maximum Gasteiger partial charge on any atom is 0.122 e. The SMILES string of the molecule is Cc1ccc(OCCC#N)c(C)c1. The Hall–Kier alpha value is -1.49. The molecule has 0 aliphatic rings. The highest BCUT2D eigenvalue weighted by atomic mass is 16.5. The van der Waals surface area contributed by atoms with Gasteiger partial charge in [-0.15, -0.1) is 0 Å². The van der Waals surface area contributed by atoms with Gasteiger partial charge in [-0.2, -0.15) is 5.26 Å². The van der Waals surface area contributed by atoms with E-state index in [1.54, 1.807) is 0 Å². The van der Waals surface area contributed by atoms with E-state index in [0.29, 0.717) is 13.0 Å². The van der Waals surface area contributed by atoms with Gasteiger partial charge in [0.15, 0.2) is 0 Å². The van der Waals surface area contributed by atoms with Crippen LogP contribution in [0.15, 0.2) is 18.2 Å². The number of nitriles is 1. The lowest BCUT2D eigenvalue weighted by Crippen LogP contribution is -1.97. The zero-order valence-corrected chi connectivity index (χ0v) is 8.00. The Kier molecular flexibility index (Phi) is 3.33. The molecule has 0 saturated carbocycles. The van der Waals surface area contributed by atoms with Gasteiger partial charge in [0, 0.05) is 0 Å². The van der Waals surface area contributed by atoms with Crippen molar-refractivity contribution >= 4 is 0 Å². The van der Waals surface area contributed by atoms with E-state index < -0.39 is 0 Å². The summed E-state index contributed by atoms with van der Waals surface area (Å²) in [5.74, 6) is 0.876. The highest BCUT2D eigenvalue weighted by molar-refractivity contribution is 5.35. The summed E-state index contributed by atoms with van der Waals surface area (Å²) in [5.41, 5.74) is 2.35. The number of nitrogens with zero attached hydrogens (tertiary/aromatic N) is 1. The molecule has 0 amide bonds. The Morgan fingerprint density at radius 3 is 2.77 bits per heavy atom. The molecule has 0 aliphatic carbocycles. The Bertz CT molecular complexity index is 325. The van der Waals surface area contributed by atoms with Crippen molar-refractivity contribution in [2.45, 2.75) is 20.3 Å². The van der Waals surface area contributed by atoms with E-state index in [2.05, 4.69) is 6.07 Å². The fraction of sp³-hybridized carbons (Fsp3) is 0.364. The second kappa shape index (κ2) is 4.51. The Balaban J connectivity index is 2.62. The molecule has 1 aromatic rings. The molecule has 1 rings (SSSR count). The molecule has 0 N–H and O–H groups in total. The van der Waals surface area contributed by atoms with E-state index in [1.165, 1.54) is 5.56 Å². The Labute approximate surface area is 78.8 Å². The molecular weight excluding hydrogens is 162 g/mol. The molecule has 0 fully saturated rings. The zero-order chi connectivity index (χ0) is 9.68. The molecule has 68 valence electrons. The van der Waals surface area contributed by atoms with Gasteiger partial charge >= 0.3 is 0 Å². The van der Waals surface area contributed by atoms with Crippen LogP contribution in [-0.4, -0.2) is 6.61 Å². The summed E-state index contributed by atoms with van der Waals surface area (Å²) in [6, 6.07) is 8.07. The van der Waals surface area contributed by atoms with Crippen molar-refractivity contribution in [1.82, 2.24) is 0 Å². The molecule has 0 unspecified atom stereocenters. The number of rotatable bonds is 3. The van der Waals surface area contributed by atoms with Crippen molar-refractivity contribution in [3.8, 4) is 11.8 Å². The number of ether oxygens (including phenoxy) is 1. The van der Waals surface area contributed by atoms with Crippen LogP contribution in [0, 0.1) is 25.2 Å². The largest absolute Gasteiger partial charge is 0.492 e. The molecule has 0 atom stereocenters. The van der Waals surface area contributed by atoms with Gasteiger partial charge < -0.3 is 4.74 Å². The van der Waals surface area contributed by atoms with Gasteiger partial charge in [-0.05, 0) is 25.5 Å². The number of benzene rings is 1. The second-order valence-electron chi connectivity index (χ2n) is 3.03. The highest BCUT2D eigenvalue weighted by Crippen LogP contribution is 2.18. The second-order valence-corrected chi connectivity index (χ2v) is 3.03. The Morgan fingerprint density at radius 1 is 1.38 bits per heavy atom. The third-order valence-corrected chi connectivity index (χ3v) is 1.80. The van der Waals surface area contributed by atoms with Gasteiger partial charge in [-0.1, -0.05) is 17.7 Å². The van der Waals surface area contributed by atoms with Crippen LogP contribution < -0.4 is 4.74 Å². The number of hydrogen-bond acceptors (Lipinski definition) is 2. The normalized spacial score (nSPS) is 9.31. The average Bonchev–Trinajstić information content (AvgIpc) is 2.09. The molecule has 0 radical (unpaired) electrons. The summed E-state index contributed by atoms with van der Waals surface area (Å²) < 4.78 is 5.41. The molecule has 13 heavy (non-hydrogen) atoms. The summed E-state index contributed by atoms with van der Waals surface area (Å²) in [6.07, 6.45) is 0.438. The first kappa shape index (κ1) is 9.60. The smallest absolute Gasteiger partial charge is 0.122 e. The third kappa shape index (κ3) is 2.79. The molecule has 0 bridgehead atoms. The van der Waals surface area contributed by atoms with E-state index in [9.17, 15) is 0 Å². The van der Waals surface area contributed by atoms with E-state index in [4.69, 9.17) is 10.00 Å². The molecule has 0 aromatic heterocycles. The molecule has 0 spiro atoms. The summed E-state index contributed by atoms with van der Waals surface area (Å²) in [6.45, 7) is 4.53. The molecule has 2 nitrogen and oxygen atoms in total. The summed E-state index contributed by atoms with van der Waals surface area (Å²) in [7, 11) is 0. The predicted molar refractivity (Wildman–Crippen MR) is 51.6 cm³/mol. The third-order valence-electron chi connectivity index (χ3n) is 1.80. The lowest BCUT2D eigenvalue weighted by atomic mass is 10.1. The van der Waals surface area contributed by atoms with Crippen molar-refractivity contribution in [1.29, 1.82) is 5.26 Å². The van der Waals surface area contributed by atoms with Crippen LogP contribution in [0.3, 0.4) is 0 Å². The molecule has 0 aliphatic heterocycles. The summed E-state index contributed by atoms with van der Waals surface area (Å²) in [4.78, 5) is 0. The van der Waals surface area contributed by atoms with Gasteiger partial charge in [-0.25, -0.2) is 0 Å². The molecular formula is C11H13NO. The summed E-state index contributed by atoms with van der Waals surface area (Å²) in [5, 5.41) is 8.33. The highest BCUT2D eigenvalue weighted by Gasteiger charge is 1.98. The van der Waals surface area contributed by atoms with Gasteiger partial charge in [0.1, 0.15) is 12.4 Å². The van der Waals surface area contributed by atoms with Crippen LogP contribution in [0.25, 0.3) is 0 Å². The monoisotopic (exact) mass is 175 g/mol. The van der Waals surface area contributed by atoms with E-state index in [0.717, 1.165) is 11.3 Å². The molecule has 2 heteroatoms. The number of hydrogen-bond donors (Lipinski definition) is 0. The summed E-state index contributed by atoms with van der Waals surface area (Å²) >= 11 is 0. The minimum Gasteiger partial charge on any atom is -0.492 e. The van der Waals surface area contributed by atoms with Crippen molar-refractivity contribution in [3.63, 3.8) is 0 Å². The fourth-order valence-electron chi connectivity index (χ4n) is 1.17. The molecule has 0 saturated heterocycles. The maximum absolute atomic E-state index is 8.33. The van der Waals surface area contributed by atoms with Crippen molar-refractivity contribution in [3.05, 3.63) is 29.3 Å². The van der Waals surface area contributed by atoms with E-state index >= 15 is 0 Å². The predicted octanol–water partition coefficient (Wildman–Crippen LogP) is 2.60. The minimum atomic E-state index is 0.438. The lowest BCUT2D eigenvalue weighted by Gasteiger charge is -2.07. The van der Waals surface area contributed by atoms with Crippen LogP contribution in [0.2, 0.25) is 0 Å². The fourth-order valence-corrected chi connectivity index (χ4v) is 1.17. The lowest BCUT2D eigenvalue weighted by molar-refractivity contribution is 0.324. The first-order valence-corrected chi connectivity index (χ1v) is 4.31. The maximum atomic E-state index is 8.33. The molecule has 1 aromatic carbocycles. The minimum absolute atomic E-state index is 0.438. The van der Waals surface area contributed by atoms with Gasteiger partial charge in [-0.3, -0.25) is 0 Å². The van der Waals surface area contributed by atoms with Crippen LogP contribution in [0.5, 0.6) is 5.75 Å². The van der Waals surface area contributed by atoms with Gasteiger partial charge in [0.05, 0.1) is 12.5 Å². The topological polar surface area (TPSA) is 33.0 Å². The van der Waals surface area contributed by atoms with Crippen molar-refractivity contribution < 1.29 is 4.74 Å². The standard InChI is InChI=1S/C11H13NO/c1-9-4-5-11(10(2)8-9)13-7-3-6-12/h4-5,8H,3,7H2,1-2H3.